The molecule has 7 heteroatoms. The van der Waals surface area contributed by atoms with Crippen LogP contribution in [-0.2, 0) is 28.5 Å². The van der Waals surface area contributed by atoms with E-state index in [1.165, 1.54) is 14.0 Å². The first-order chi connectivity index (χ1) is 11.1. The summed E-state index contributed by atoms with van der Waals surface area (Å²) in [5.74, 6) is -0.504. The van der Waals surface area contributed by atoms with Crippen molar-refractivity contribution < 1.29 is 33.6 Å². The van der Waals surface area contributed by atoms with Gasteiger partial charge in [0.05, 0.1) is 6.61 Å². The molecule has 1 aromatic rings. The molecule has 0 aromatic heterocycles. The lowest BCUT2D eigenvalue weighted by Gasteiger charge is -2.46. The van der Waals surface area contributed by atoms with Gasteiger partial charge < -0.3 is 28.8 Å². The molecule has 0 bridgehead atoms. The first-order valence-corrected chi connectivity index (χ1v) is 7.45. The SMILES string of the molecule is CO[C@@H]1O[C@@H]2CO[C@H](c3ccccc3)O[C@@H]2[C@H](OC(C)=O)[C@H]1O. The Bertz CT molecular complexity index is 534. The van der Waals surface area contributed by atoms with Gasteiger partial charge in [0.2, 0.25) is 0 Å². The highest BCUT2D eigenvalue weighted by molar-refractivity contribution is 5.66. The number of methoxy groups -OCH3 is 1. The highest BCUT2D eigenvalue weighted by Gasteiger charge is 2.51. The fraction of sp³-hybridized carbons (Fsp3) is 0.562. The molecule has 1 aromatic carbocycles. The molecule has 126 valence electrons. The third kappa shape index (κ3) is 3.39. The maximum atomic E-state index is 11.4. The monoisotopic (exact) mass is 324 g/mol. The molecule has 0 unspecified atom stereocenters. The van der Waals surface area contributed by atoms with Crippen LogP contribution < -0.4 is 0 Å². The predicted octanol–water partition coefficient (Wildman–Crippen LogP) is 0.764. The van der Waals surface area contributed by atoms with Crippen LogP contribution in [0.4, 0.5) is 0 Å². The molecule has 2 heterocycles. The van der Waals surface area contributed by atoms with Gasteiger partial charge in [-0.2, -0.15) is 0 Å². The summed E-state index contributed by atoms with van der Waals surface area (Å²) >= 11 is 0. The molecule has 2 fully saturated rings. The Balaban J connectivity index is 1.80. The highest BCUT2D eigenvalue weighted by atomic mass is 16.8. The molecule has 3 rings (SSSR count). The summed E-state index contributed by atoms with van der Waals surface area (Å²) in [7, 11) is 1.41. The van der Waals surface area contributed by atoms with Crippen molar-refractivity contribution in [3.63, 3.8) is 0 Å². The number of carbonyl (C=O) groups is 1. The van der Waals surface area contributed by atoms with Crippen LogP contribution in [0.2, 0.25) is 0 Å². The van der Waals surface area contributed by atoms with Gasteiger partial charge in [0.15, 0.2) is 18.7 Å². The molecule has 0 spiro atoms. The first-order valence-electron chi connectivity index (χ1n) is 7.45. The maximum absolute atomic E-state index is 11.4. The lowest BCUT2D eigenvalue weighted by atomic mass is 9.97. The minimum absolute atomic E-state index is 0.245. The van der Waals surface area contributed by atoms with Crippen LogP contribution in [0.3, 0.4) is 0 Å². The van der Waals surface area contributed by atoms with Gasteiger partial charge in [0.1, 0.15) is 18.3 Å². The van der Waals surface area contributed by atoms with Crippen molar-refractivity contribution in [1.82, 2.24) is 0 Å². The van der Waals surface area contributed by atoms with Crippen molar-refractivity contribution in [1.29, 1.82) is 0 Å². The smallest absolute Gasteiger partial charge is 0.303 e. The second kappa shape index (κ2) is 6.94. The lowest BCUT2D eigenvalue weighted by molar-refractivity contribution is -0.358. The normalized spacial score (nSPS) is 37.0. The Labute approximate surface area is 134 Å². The zero-order valence-corrected chi connectivity index (χ0v) is 13.0. The molecular weight excluding hydrogens is 304 g/mol. The summed E-state index contributed by atoms with van der Waals surface area (Å²) in [6, 6.07) is 9.41. The Kier molecular flexibility index (Phi) is 4.93. The molecule has 0 aliphatic carbocycles. The minimum atomic E-state index is -1.14. The van der Waals surface area contributed by atoms with E-state index in [1.54, 1.807) is 0 Å². The fourth-order valence-electron chi connectivity index (χ4n) is 2.86. The number of benzene rings is 1. The number of esters is 1. The molecule has 2 saturated heterocycles. The Morgan fingerprint density at radius 3 is 2.65 bits per heavy atom. The summed E-state index contributed by atoms with van der Waals surface area (Å²) < 4.78 is 27.6. The minimum Gasteiger partial charge on any atom is -0.457 e. The Morgan fingerprint density at radius 1 is 1.26 bits per heavy atom. The summed E-state index contributed by atoms with van der Waals surface area (Å²) in [4.78, 5) is 11.4. The summed E-state index contributed by atoms with van der Waals surface area (Å²) in [6.07, 6.45) is -4.66. The standard InChI is InChI=1S/C16H20O7/c1-9(17)21-14-12(18)16(19-2)22-11-8-20-15(23-13(11)14)10-6-4-3-5-7-10/h3-7,11-16,18H,8H2,1-2H3/t11-,12-,13+,14-,15+,16-/m1/s1. The molecule has 2 aliphatic heterocycles. The van der Waals surface area contributed by atoms with Gasteiger partial charge in [-0.1, -0.05) is 30.3 Å². The fourth-order valence-corrected chi connectivity index (χ4v) is 2.86. The van der Waals surface area contributed by atoms with Crippen molar-refractivity contribution in [2.75, 3.05) is 13.7 Å². The van der Waals surface area contributed by atoms with Crippen molar-refractivity contribution >= 4 is 5.97 Å². The quantitative estimate of drug-likeness (QED) is 0.822. The predicted molar refractivity (Wildman–Crippen MR) is 77.2 cm³/mol. The molecule has 23 heavy (non-hydrogen) atoms. The Hall–Kier alpha value is -1.51. The van der Waals surface area contributed by atoms with E-state index >= 15 is 0 Å². The van der Waals surface area contributed by atoms with Gasteiger partial charge in [0.25, 0.3) is 0 Å². The van der Waals surface area contributed by atoms with Gasteiger partial charge in [-0.05, 0) is 0 Å². The second-order valence-electron chi connectivity index (χ2n) is 5.52. The number of aliphatic hydroxyl groups is 1. The number of rotatable bonds is 3. The molecule has 0 amide bonds. The summed E-state index contributed by atoms with van der Waals surface area (Å²) in [5.41, 5.74) is 0.843. The largest absolute Gasteiger partial charge is 0.457 e. The van der Waals surface area contributed by atoms with Crippen LogP contribution in [0.5, 0.6) is 0 Å². The van der Waals surface area contributed by atoms with Crippen LogP contribution in [0, 0.1) is 0 Å². The van der Waals surface area contributed by atoms with Gasteiger partial charge in [-0.3, -0.25) is 4.79 Å². The number of hydrogen-bond donors (Lipinski definition) is 1. The van der Waals surface area contributed by atoms with E-state index in [0.29, 0.717) is 0 Å². The van der Waals surface area contributed by atoms with E-state index < -0.39 is 43.0 Å². The van der Waals surface area contributed by atoms with Gasteiger partial charge in [-0.25, -0.2) is 0 Å². The van der Waals surface area contributed by atoms with Crippen molar-refractivity contribution in [2.24, 2.45) is 0 Å². The van der Waals surface area contributed by atoms with E-state index in [0.717, 1.165) is 5.56 Å². The van der Waals surface area contributed by atoms with Crippen LogP contribution in [0.1, 0.15) is 18.8 Å². The lowest BCUT2D eigenvalue weighted by Crippen LogP contribution is -2.63. The van der Waals surface area contributed by atoms with E-state index in [9.17, 15) is 9.90 Å². The average Bonchev–Trinajstić information content (AvgIpc) is 2.57. The van der Waals surface area contributed by atoms with E-state index in [1.807, 2.05) is 30.3 Å². The number of fused-ring (bicyclic) bond motifs is 1. The maximum Gasteiger partial charge on any atom is 0.303 e. The number of hydrogen-bond acceptors (Lipinski definition) is 7. The van der Waals surface area contributed by atoms with Gasteiger partial charge >= 0.3 is 5.97 Å². The van der Waals surface area contributed by atoms with Gasteiger partial charge in [0, 0.05) is 19.6 Å². The first kappa shape index (κ1) is 16.4. The topological polar surface area (TPSA) is 83.5 Å². The zero-order chi connectivity index (χ0) is 16.4. The summed E-state index contributed by atoms with van der Waals surface area (Å²) in [6.45, 7) is 1.53. The molecular formula is C16H20O7. The molecule has 6 atom stereocenters. The zero-order valence-electron chi connectivity index (χ0n) is 13.0. The molecule has 1 N–H and O–H groups in total. The van der Waals surface area contributed by atoms with Crippen molar-refractivity contribution in [3.05, 3.63) is 35.9 Å². The third-order valence-corrected chi connectivity index (χ3v) is 3.91. The van der Waals surface area contributed by atoms with E-state index in [2.05, 4.69) is 0 Å². The van der Waals surface area contributed by atoms with Crippen LogP contribution in [0.25, 0.3) is 0 Å². The molecule has 7 nitrogen and oxygen atoms in total. The van der Waals surface area contributed by atoms with Crippen LogP contribution in [-0.4, -0.2) is 55.5 Å². The average molecular weight is 324 g/mol. The summed E-state index contributed by atoms with van der Waals surface area (Å²) in [5, 5.41) is 10.3. The third-order valence-electron chi connectivity index (χ3n) is 3.91. The van der Waals surface area contributed by atoms with Crippen LogP contribution in [0.15, 0.2) is 30.3 Å². The van der Waals surface area contributed by atoms with Crippen LogP contribution >= 0.6 is 0 Å². The van der Waals surface area contributed by atoms with Gasteiger partial charge in [-0.15, -0.1) is 0 Å². The van der Waals surface area contributed by atoms with E-state index in [4.69, 9.17) is 23.7 Å². The Morgan fingerprint density at radius 2 is 2.00 bits per heavy atom. The number of aliphatic hydroxyl groups excluding tert-OH is 1. The number of carbonyl (C=O) groups excluding carboxylic acids is 1. The highest BCUT2D eigenvalue weighted by Crippen LogP contribution is 2.35. The van der Waals surface area contributed by atoms with Crippen molar-refractivity contribution in [3.8, 4) is 0 Å². The molecule has 0 saturated carbocycles. The number of ether oxygens (including phenoxy) is 5. The molecule has 2 aliphatic rings. The second-order valence-corrected chi connectivity index (χ2v) is 5.52. The van der Waals surface area contributed by atoms with Crippen molar-refractivity contribution in [2.45, 2.75) is 43.9 Å². The van der Waals surface area contributed by atoms with E-state index in [-0.39, 0.29) is 6.61 Å². The molecule has 0 radical (unpaired) electrons.